The Kier molecular flexibility index (Phi) is 5.81. The molecule has 3 saturated carbocycles. The van der Waals surface area contributed by atoms with Crippen LogP contribution in [0, 0.1) is 28.6 Å². The molecule has 3 nitrogen and oxygen atoms in total. The molecule has 3 N–H and O–H groups in total. The maximum Gasteiger partial charge on any atom is 0.119 e. The van der Waals surface area contributed by atoms with Gasteiger partial charge in [0.05, 0.1) is 12.2 Å². The summed E-state index contributed by atoms with van der Waals surface area (Å²) in [5.41, 5.74) is 3.89. The van der Waals surface area contributed by atoms with Crippen LogP contribution in [-0.4, -0.2) is 33.1 Å². The van der Waals surface area contributed by atoms with Crippen molar-refractivity contribution in [2.75, 3.05) is 0 Å². The molecule has 2 unspecified atom stereocenters. The summed E-state index contributed by atoms with van der Waals surface area (Å²) in [5.74, 6) is 6.88. The predicted octanol–water partition coefficient (Wildman–Crippen LogP) is 4.83. The van der Waals surface area contributed by atoms with Gasteiger partial charge in [0.15, 0.2) is 0 Å². The standard InChI is InChI=1S/C27H38O3/c1-25(2,30)11-5-13-27(14-15-27)24-10-9-23-20(6-4-12-26(23,24)3)8-7-19-16-21(28)18-22(29)17-19/h7-8,10,21-23,28-30H,4,6,9,12-18H2,1-3H3/t21-,22?,23?,26+/m1/s1. The average molecular weight is 411 g/mol. The van der Waals surface area contributed by atoms with Crippen LogP contribution in [0.2, 0.25) is 0 Å². The van der Waals surface area contributed by atoms with E-state index in [0.29, 0.717) is 25.2 Å². The Balaban J connectivity index is 1.51. The van der Waals surface area contributed by atoms with Gasteiger partial charge in [0.2, 0.25) is 0 Å². The van der Waals surface area contributed by atoms with E-state index in [9.17, 15) is 15.3 Å². The van der Waals surface area contributed by atoms with Crippen molar-refractivity contribution in [1.29, 1.82) is 0 Å². The minimum absolute atomic E-state index is 0.223. The zero-order chi connectivity index (χ0) is 21.6. The molecular formula is C27H38O3. The maximum atomic E-state index is 9.97. The van der Waals surface area contributed by atoms with Crippen molar-refractivity contribution >= 4 is 0 Å². The summed E-state index contributed by atoms with van der Waals surface area (Å²) in [7, 11) is 0. The van der Waals surface area contributed by atoms with E-state index in [4.69, 9.17) is 0 Å². The summed E-state index contributed by atoms with van der Waals surface area (Å²) in [6.45, 7) is 5.97. The average Bonchev–Trinajstić information content (AvgIpc) is 3.31. The number of hydrogen-bond donors (Lipinski definition) is 3. The van der Waals surface area contributed by atoms with Crippen LogP contribution in [0.5, 0.6) is 0 Å². The number of aliphatic hydroxyl groups is 3. The maximum absolute atomic E-state index is 9.97. The van der Waals surface area contributed by atoms with E-state index in [1.165, 1.54) is 36.8 Å². The highest BCUT2D eigenvalue weighted by Gasteiger charge is 2.56. The van der Waals surface area contributed by atoms with E-state index in [1.807, 2.05) is 0 Å². The summed E-state index contributed by atoms with van der Waals surface area (Å²) < 4.78 is 0. The topological polar surface area (TPSA) is 60.7 Å². The number of fused-ring (bicyclic) bond motifs is 1. The Morgan fingerprint density at radius 1 is 1.13 bits per heavy atom. The lowest BCUT2D eigenvalue weighted by Crippen LogP contribution is -2.33. The Hall–Kier alpha value is -1.34. The molecule has 0 bridgehead atoms. The molecule has 0 radical (unpaired) electrons. The smallest absolute Gasteiger partial charge is 0.119 e. The SMILES string of the molecule is CC(C)(O)C#CCC1(C2=CCC3C(=CC=C4CC(O)C[C@H](O)C4)CCC[C@]23C)CC1. The summed E-state index contributed by atoms with van der Waals surface area (Å²) in [6, 6.07) is 0. The highest BCUT2D eigenvalue weighted by atomic mass is 16.3. The van der Waals surface area contributed by atoms with Crippen molar-refractivity contribution in [1.82, 2.24) is 0 Å². The molecule has 4 aliphatic rings. The minimum atomic E-state index is -0.916. The summed E-state index contributed by atoms with van der Waals surface area (Å²) in [5, 5.41) is 29.9. The van der Waals surface area contributed by atoms with Gasteiger partial charge in [0, 0.05) is 11.8 Å². The van der Waals surface area contributed by atoms with Crippen molar-refractivity contribution in [3.63, 3.8) is 0 Å². The summed E-state index contributed by atoms with van der Waals surface area (Å²) in [6.07, 6.45) is 16.1. The molecule has 0 aromatic rings. The molecular weight excluding hydrogens is 372 g/mol. The van der Waals surface area contributed by atoms with Gasteiger partial charge in [0.25, 0.3) is 0 Å². The monoisotopic (exact) mass is 410 g/mol. The van der Waals surface area contributed by atoms with Gasteiger partial charge in [-0.2, -0.15) is 0 Å². The second kappa shape index (κ2) is 7.97. The van der Waals surface area contributed by atoms with Crippen LogP contribution in [-0.2, 0) is 0 Å². The fraction of sp³-hybridized carbons (Fsp3) is 0.704. The first kappa shape index (κ1) is 21.9. The number of allylic oxidation sites excluding steroid dienone is 5. The molecule has 0 amide bonds. The summed E-state index contributed by atoms with van der Waals surface area (Å²) >= 11 is 0. The van der Waals surface area contributed by atoms with E-state index < -0.39 is 17.8 Å². The van der Waals surface area contributed by atoms with Crippen molar-refractivity contribution in [2.24, 2.45) is 16.7 Å². The molecule has 3 heteroatoms. The van der Waals surface area contributed by atoms with E-state index in [2.05, 4.69) is 37.0 Å². The van der Waals surface area contributed by atoms with Gasteiger partial charge in [-0.05, 0) is 83.0 Å². The van der Waals surface area contributed by atoms with Crippen molar-refractivity contribution in [3.05, 3.63) is 34.9 Å². The fourth-order valence-corrected chi connectivity index (χ4v) is 6.29. The molecule has 164 valence electrons. The molecule has 0 aliphatic heterocycles. The van der Waals surface area contributed by atoms with Gasteiger partial charge in [0.1, 0.15) is 5.60 Å². The van der Waals surface area contributed by atoms with Gasteiger partial charge in [-0.25, -0.2) is 0 Å². The van der Waals surface area contributed by atoms with Gasteiger partial charge in [-0.3, -0.25) is 0 Å². The largest absolute Gasteiger partial charge is 0.393 e. The van der Waals surface area contributed by atoms with E-state index in [1.54, 1.807) is 19.4 Å². The van der Waals surface area contributed by atoms with Crippen LogP contribution in [0.1, 0.15) is 85.0 Å². The minimum Gasteiger partial charge on any atom is -0.393 e. The lowest BCUT2D eigenvalue weighted by molar-refractivity contribution is 0.0609. The quantitative estimate of drug-likeness (QED) is 0.461. The third-order valence-corrected chi connectivity index (χ3v) is 7.87. The highest BCUT2D eigenvalue weighted by Crippen LogP contribution is 2.67. The molecule has 0 spiro atoms. The molecule has 4 aliphatic carbocycles. The highest BCUT2D eigenvalue weighted by molar-refractivity contribution is 5.40. The Morgan fingerprint density at radius 3 is 2.47 bits per heavy atom. The zero-order valence-electron chi connectivity index (χ0n) is 18.9. The van der Waals surface area contributed by atoms with Crippen LogP contribution in [0.3, 0.4) is 0 Å². The molecule has 30 heavy (non-hydrogen) atoms. The molecule has 4 atom stereocenters. The van der Waals surface area contributed by atoms with Crippen LogP contribution in [0.4, 0.5) is 0 Å². The van der Waals surface area contributed by atoms with Gasteiger partial charge >= 0.3 is 0 Å². The lowest BCUT2D eigenvalue weighted by atomic mass is 9.61. The van der Waals surface area contributed by atoms with Crippen molar-refractivity contribution in [2.45, 2.75) is 103 Å². The van der Waals surface area contributed by atoms with Gasteiger partial charge in [-0.1, -0.05) is 53.7 Å². The first-order chi connectivity index (χ1) is 14.1. The van der Waals surface area contributed by atoms with Crippen LogP contribution in [0.15, 0.2) is 34.9 Å². The van der Waals surface area contributed by atoms with Crippen LogP contribution >= 0.6 is 0 Å². The Morgan fingerprint density at radius 2 is 1.83 bits per heavy atom. The first-order valence-electron chi connectivity index (χ1n) is 11.8. The van der Waals surface area contributed by atoms with E-state index in [-0.39, 0.29) is 10.8 Å². The Bertz CT molecular complexity index is 812. The normalized spacial score (nSPS) is 38.1. The summed E-state index contributed by atoms with van der Waals surface area (Å²) in [4.78, 5) is 0. The molecule has 0 heterocycles. The number of rotatable bonds is 3. The molecule has 0 saturated heterocycles. The molecule has 0 aromatic carbocycles. The number of hydrogen-bond acceptors (Lipinski definition) is 3. The zero-order valence-corrected chi connectivity index (χ0v) is 18.9. The predicted molar refractivity (Wildman–Crippen MR) is 121 cm³/mol. The molecule has 3 fully saturated rings. The lowest BCUT2D eigenvalue weighted by Gasteiger charge is -2.43. The fourth-order valence-electron chi connectivity index (χ4n) is 6.29. The van der Waals surface area contributed by atoms with Crippen molar-refractivity contribution in [3.8, 4) is 11.8 Å². The Labute approximate surface area is 182 Å². The third kappa shape index (κ3) is 4.47. The number of aliphatic hydroxyl groups excluding tert-OH is 2. The van der Waals surface area contributed by atoms with Gasteiger partial charge < -0.3 is 15.3 Å². The van der Waals surface area contributed by atoms with E-state index >= 15 is 0 Å². The molecule has 0 aromatic heterocycles. The van der Waals surface area contributed by atoms with Crippen LogP contribution in [0.25, 0.3) is 0 Å². The van der Waals surface area contributed by atoms with E-state index in [0.717, 1.165) is 19.3 Å². The molecule has 4 rings (SSSR count). The van der Waals surface area contributed by atoms with Gasteiger partial charge in [-0.15, -0.1) is 0 Å². The second-order valence-corrected chi connectivity index (χ2v) is 11.0. The van der Waals surface area contributed by atoms with Crippen LogP contribution < -0.4 is 0 Å². The first-order valence-corrected chi connectivity index (χ1v) is 11.8. The second-order valence-electron chi connectivity index (χ2n) is 11.0. The third-order valence-electron chi connectivity index (χ3n) is 7.87. The van der Waals surface area contributed by atoms with Crippen molar-refractivity contribution < 1.29 is 15.3 Å².